The summed E-state index contributed by atoms with van der Waals surface area (Å²) in [6.45, 7) is 1.54. The Morgan fingerprint density at radius 1 is 1.00 bits per heavy atom. The van der Waals surface area contributed by atoms with E-state index in [1.165, 1.54) is 0 Å². The van der Waals surface area contributed by atoms with E-state index in [0.717, 1.165) is 32.4 Å². The lowest BCUT2D eigenvalue weighted by molar-refractivity contribution is 0.0725. The third-order valence-corrected chi connectivity index (χ3v) is 4.91. The van der Waals surface area contributed by atoms with E-state index in [1.807, 2.05) is 35.2 Å². The molecule has 0 spiro atoms. The first kappa shape index (κ1) is 17.1. The van der Waals surface area contributed by atoms with Gasteiger partial charge in [-0.05, 0) is 43.5 Å². The molecule has 1 aliphatic rings. The molecule has 0 saturated carbocycles. The number of nitrogen functional groups attached to an aromatic ring is 1. The number of carbonyl (C=O) groups is 1. The highest BCUT2D eigenvalue weighted by Crippen LogP contribution is 2.31. The molecule has 2 aromatic carbocycles. The molecule has 27 heavy (non-hydrogen) atoms. The minimum atomic E-state index is -0.601. The van der Waals surface area contributed by atoms with Gasteiger partial charge in [0.25, 0.3) is 5.91 Å². The van der Waals surface area contributed by atoms with E-state index in [0.29, 0.717) is 27.9 Å². The Kier molecular flexibility index (Phi) is 4.54. The van der Waals surface area contributed by atoms with Crippen molar-refractivity contribution >= 4 is 33.9 Å². The molecule has 1 saturated heterocycles. The van der Waals surface area contributed by atoms with Gasteiger partial charge in [-0.2, -0.15) is 0 Å². The van der Waals surface area contributed by atoms with Crippen molar-refractivity contribution in [1.82, 2.24) is 4.90 Å². The van der Waals surface area contributed by atoms with Crippen molar-refractivity contribution in [2.24, 2.45) is 0 Å². The predicted octanol–water partition coefficient (Wildman–Crippen LogP) is 3.74. The summed E-state index contributed by atoms with van der Waals surface area (Å²) in [5.41, 5.74) is 7.48. The number of hydrogen-bond acceptors (Lipinski definition) is 5. The zero-order chi connectivity index (χ0) is 18.8. The van der Waals surface area contributed by atoms with Crippen molar-refractivity contribution in [3.63, 3.8) is 0 Å². The molecule has 4 rings (SSSR count). The molecule has 1 fully saturated rings. The fourth-order valence-electron chi connectivity index (χ4n) is 3.48. The second-order valence-electron chi connectivity index (χ2n) is 6.70. The molecule has 3 N–H and O–H groups in total. The average molecular weight is 363 g/mol. The monoisotopic (exact) mass is 363 g/mol. The van der Waals surface area contributed by atoms with E-state index < -0.39 is 5.63 Å². The van der Waals surface area contributed by atoms with E-state index in [4.69, 9.17) is 10.2 Å². The topological polar surface area (TPSA) is 88.6 Å². The second kappa shape index (κ2) is 7.15. The van der Waals surface area contributed by atoms with Gasteiger partial charge in [0, 0.05) is 18.5 Å². The lowest BCUT2D eigenvalue weighted by atomic mass is 10.1. The van der Waals surface area contributed by atoms with Crippen LogP contribution in [0.3, 0.4) is 0 Å². The summed E-state index contributed by atoms with van der Waals surface area (Å²) in [7, 11) is 0. The first-order valence-electron chi connectivity index (χ1n) is 9.12. The molecule has 0 unspecified atom stereocenters. The van der Waals surface area contributed by atoms with Crippen LogP contribution in [-0.4, -0.2) is 23.9 Å². The van der Waals surface area contributed by atoms with Crippen LogP contribution in [0.5, 0.6) is 0 Å². The number of benzene rings is 2. The van der Waals surface area contributed by atoms with Crippen LogP contribution in [0.15, 0.2) is 57.7 Å². The number of fused-ring (bicyclic) bond motifs is 1. The highest BCUT2D eigenvalue weighted by molar-refractivity contribution is 6.03. The Bertz CT molecular complexity index is 1050. The standard InChI is InChI=1S/C21H21N3O3/c22-18-19(15-9-3-5-11-17(15)27-21(18)26)23-16-10-4-2-8-14(16)20(25)24-12-6-1-7-13-24/h2-5,8-11,23H,1,6-7,12-13,22H2. The Labute approximate surface area is 156 Å². The molecule has 6 nitrogen and oxygen atoms in total. The summed E-state index contributed by atoms with van der Waals surface area (Å²) in [4.78, 5) is 27.0. The van der Waals surface area contributed by atoms with Crippen molar-refractivity contribution in [3.05, 3.63) is 64.5 Å². The van der Waals surface area contributed by atoms with E-state index >= 15 is 0 Å². The molecule has 1 amide bonds. The molecule has 1 aliphatic heterocycles. The van der Waals surface area contributed by atoms with Gasteiger partial charge in [0.15, 0.2) is 0 Å². The van der Waals surface area contributed by atoms with Gasteiger partial charge in [-0.3, -0.25) is 4.79 Å². The third kappa shape index (κ3) is 3.26. The number of nitrogens with two attached hydrogens (primary N) is 1. The van der Waals surface area contributed by atoms with Gasteiger partial charge < -0.3 is 20.4 Å². The van der Waals surface area contributed by atoms with Gasteiger partial charge in [0.1, 0.15) is 11.3 Å². The predicted molar refractivity (Wildman–Crippen MR) is 106 cm³/mol. The van der Waals surface area contributed by atoms with E-state index in [1.54, 1.807) is 18.2 Å². The Balaban J connectivity index is 1.76. The SMILES string of the molecule is Nc1c(Nc2ccccc2C(=O)N2CCCCC2)c2ccccc2oc1=O. The summed E-state index contributed by atoms with van der Waals surface area (Å²) in [5, 5.41) is 3.90. The Hall–Kier alpha value is -3.28. The number of rotatable bonds is 3. The van der Waals surface area contributed by atoms with E-state index in [2.05, 4.69) is 5.32 Å². The number of hydrogen-bond donors (Lipinski definition) is 2. The van der Waals surface area contributed by atoms with Gasteiger partial charge in [0.05, 0.1) is 16.9 Å². The third-order valence-electron chi connectivity index (χ3n) is 4.91. The number of anilines is 3. The number of nitrogens with one attached hydrogen (secondary N) is 1. The van der Waals surface area contributed by atoms with Gasteiger partial charge >= 0.3 is 5.63 Å². The van der Waals surface area contributed by atoms with Crippen LogP contribution >= 0.6 is 0 Å². The summed E-state index contributed by atoms with van der Waals surface area (Å²) in [6, 6.07) is 14.5. The smallest absolute Gasteiger partial charge is 0.361 e. The number of carbonyl (C=O) groups excluding carboxylic acids is 1. The first-order chi connectivity index (χ1) is 13.1. The molecular formula is C21H21N3O3. The van der Waals surface area contributed by atoms with Gasteiger partial charge in [0.2, 0.25) is 0 Å². The lowest BCUT2D eigenvalue weighted by Crippen LogP contribution is -2.35. The minimum Gasteiger partial charge on any atom is -0.421 e. The Morgan fingerprint density at radius 3 is 2.52 bits per heavy atom. The molecule has 6 heteroatoms. The summed E-state index contributed by atoms with van der Waals surface area (Å²) >= 11 is 0. The largest absolute Gasteiger partial charge is 0.421 e. The van der Waals surface area contributed by atoms with Gasteiger partial charge in [-0.25, -0.2) is 4.79 Å². The molecule has 0 bridgehead atoms. The normalized spacial score (nSPS) is 14.3. The summed E-state index contributed by atoms with van der Waals surface area (Å²) in [5.74, 6) is -0.0105. The second-order valence-corrected chi connectivity index (χ2v) is 6.70. The molecular weight excluding hydrogens is 342 g/mol. The van der Waals surface area contributed by atoms with E-state index in [-0.39, 0.29) is 11.6 Å². The first-order valence-corrected chi connectivity index (χ1v) is 9.12. The van der Waals surface area contributed by atoms with Crippen LogP contribution in [0.25, 0.3) is 11.0 Å². The molecule has 2 heterocycles. The maximum atomic E-state index is 13.0. The van der Waals surface area contributed by atoms with Crippen LogP contribution in [0.2, 0.25) is 0 Å². The quantitative estimate of drug-likeness (QED) is 0.692. The van der Waals surface area contributed by atoms with Crippen molar-refractivity contribution in [3.8, 4) is 0 Å². The maximum Gasteiger partial charge on any atom is 0.361 e. The highest BCUT2D eigenvalue weighted by atomic mass is 16.4. The highest BCUT2D eigenvalue weighted by Gasteiger charge is 2.21. The molecule has 0 aliphatic carbocycles. The average Bonchev–Trinajstić information content (AvgIpc) is 2.72. The van der Waals surface area contributed by atoms with E-state index in [9.17, 15) is 9.59 Å². The fourth-order valence-corrected chi connectivity index (χ4v) is 3.48. The van der Waals surface area contributed by atoms with Crippen LogP contribution in [-0.2, 0) is 0 Å². The maximum absolute atomic E-state index is 13.0. The Morgan fingerprint density at radius 2 is 1.70 bits per heavy atom. The molecule has 1 aromatic heterocycles. The minimum absolute atomic E-state index is 0.00563. The number of likely N-dealkylation sites (tertiary alicyclic amines) is 1. The van der Waals surface area contributed by atoms with Crippen LogP contribution in [0.1, 0.15) is 29.6 Å². The lowest BCUT2D eigenvalue weighted by Gasteiger charge is -2.27. The number of piperidine rings is 1. The van der Waals surface area contributed by atoms with Gasteiger partial charge in [-0.15, -0.1) is 0 Å². The number of nitrogens with zero attached hydrogens (tertiary/aromatic N) is 1. The zero-order valence-corrected chi connectivity index (χ0v) is 14.9. The van der Waals surface area contributed by atoms with Crippen LogP contribution < -0.4 is 16.7 Å². The van der Waals surface area contributed by atoms with Gasteiger partial charge in [-0.1, -0.05) is 24.3 Å². The molecule has 0 radical (unpaired) electrons. The van der Waals surface area contributed by atoms with Crippen LogP contribution in [0.4, 0.5) is 17.1 Å². The van der Waals surface area contributed by atoms with Crippen molar-refractivity contribution < 1.29 is 9.21 Å². The summed E-state index contributed by atoms with van der Waals surface area (Å²) < 4.78 is 5.25. The number of amides is 1. The van der Waals surface area contributed by atoms with Crippen LogP contribution in [0, 0.1) is 0 Å². The number of para-hydroxylation sites is 2. The van der Waals surface area contributed by atoms with Crippen molar-refractivity contribution in [1.29, 1.82) is 0 Å². The summed E-state index contributed by atoms with van der Waals surface area (Å²) in [6.07, 6.45) is 3.21. The van der Waals surface area contributed by atoms with Crippen molar-refractivity contribution in [2.45, 2.75) is 19.3 Å². The van der Waals surface area contributed by atoms with Crippen molar-refractivity contribution in [2.75, 3.05) is 24.1 Å². The zero-order valence-electron chi connectivity index (χ0n) is 14.9. The molecule has 0 atom stereocenters. The fraction of sp³-hybridized carbons (Fsp3) is 0.238. The molecule has 138 valence electrons. The molecule has 3 aromatic rings.